The van der Waals surface area contributed by atoms with Crippen LogP contribution in [-0.4, -0.2) is 23.5 Å². The highest BCUT2D eigenvalue weighted by atomic mass is 15.2. The topological polar surface area (TPSA) is 29.3 Å². The summed E-state index contributed by atoms with van der Waals surface area (Å²) in [7, 11) is 0. The Morgan fingerprint density at radius 2 is 1.79 bits per heavy atom. The molecule has 3 unspecified atom stereocenters. The van der Waals surface area contributed by atoms with Gasteiger partial charge in [-0.15, -0.1) is 0 Å². The number of piperidine rings is 1. The Morgan fingerprint density at radius 3 is 2.32 bits per heavy atom. The summed E-state index contributed by atoms with van der Waals surface area (Å²) in [6.07, 6.45) is 2.24. The Bertz CT molecular complexity index is 430. The zero-order valence-electron chi connectivity index (χ0n) is 13.0. The lowest BCUT2D eigenvalue weighted by Crippen LogP contribution is -2.46. The molecule has 1 saturated heterocycles. The molecular formula is C17H28N2. The summed E-state index contributed by atoms with van der Waals surface area (Å²) < 4.78 is 0. The summed E-state index contributed by atoms with van der Waals surface area (Å²) in [6, 6.07) is 6.07. The largest absolute Gasteiger partial charge is 0.328 e. The molecule has 19 heavy (non-hydrogen) atoms. The van der Waals surface area contributed by atoms with E-state index in [4.69, 9.17) is 5.73 Å². The van der Waals surface area contributed by atoms with Crippen LogP contribution in [0, 0.1) is 20.8 Å². The smallest absolute Gasteiger partial charge is 0.0327 e. The van der Waals surface area contributed by atoms with Gasteiger partial charge in [-0.2, -0.15) is 0 Å². The quantitative estimate of drug-likeness (QED) is 0.882. The molecule has 0 radical (unpaired) electrons. The number of benzene rings is 1. The van der Waals surface area contributed by atoms with Crippen LogP contribution in [-0.2, 0) is 0 Å². The van der Waals surface area contributed by atoms with E-state index in [9.17, 15) is 0 Å². The van der Waals surface area contributed by atoms with Gasteiger partial charge < -0.3 is 5.73 Å². The van der Waals surface area contributed by atoms with Crippen molar-refractivity contribution in [3.63, 3.8) is 0 Å². The molecule has 0 aliphatic carbocycles. The number of hydrogen-bond acceptors (Lipinski definition) is 2. The van der Waals surface area contributed by atoms with Crippen molar-refractivity contribution in [2.45, 2.75) is 65.6 Å². The Labute approximate surface area is 118 Å². The van der Waals surface area contributed by atoms with Crippen molar-refractivity contribution in [3.05, 3.63) is 34.4 Å². The minimum absolute atomic E-state index is 0.388. The lowest BCUT2D eigenvalue weighted by Gasteiger charge is -2.41. The third-order valence-electron chi connectivity index (χ3n) is 4.62. The Kier molecular flexibility index (Phi) is 4.32. The SMILES string of the molecule is Cc1cc(C)c(C(C)N2CCC(N)CC2C)c(C)c1. The van der Waals surface area contributed by atoms with E-state index in [2.05, 4.69) is 51.7 Å². The van der Waals surface area contributed by atoms with Crippen LogP contribution in [0.3, 0.4) is 0 Å². The van der Waals surface area contributed by atoms with Gasteiger partial charge >= 0.3 is 0 Å². The summed E-state index contributed by atoms with van der Waals surface area (Å²) in [6.45, 7) is 12.4. The predicted octanol–water partition coefficient (Wildman–Crippen LogP) is 3.48. The van der Waals surface area contributed by atoms with Gasteiger partial charge in [0, 0.05) is 24.7 Å². The first-order valence-electron chi connectivity index (χ1n) is 7.49. The number of nitrogens with zero attached hydrogens (tertiary/aromatic N) is 1. The summed E-state index contributed by atoms with van der Waals surface area (Å²) in [4.78, 5) is 2.62. The first kappa shape index (κ1) is 14.5. The van der Waals surface area contributed by atoms with Crippen molar-refractivity contribution in [2.24, 2.45) is 5.73 Å². The molecule has 1 aromatic carbocycles. The first-order valence-corrected chi connectivity index (χ1v) is 7.49. The number of aryl methyl sites for hydroxylation is 3. The fourth-order valence-corrected chi connectivity index (χ4v) is 3.82. The van der Waals surface area contributed by atoms with Gasteiger partial charge in [-0.05, 0) is 64.2 Å². The molecular weight excluding hydrogens is 232 g/mol. The highest BCUT2D eigenvalue weighted by Crippen LogP contribution is 2.32. The zero-order chi connectivity index (χ0) is 14.2. The van der Waals surface area contributed by atoms with Crippen LogP contribution in [0.5, 0.6) is 0 Å². The fraction of sp³-hybridized carbons (Fsp3) is 0.647. The molecule has 2 rings (SSSR count). The highest BCUT2D eigenvalue weighted by Gasteiger charge is 2.28. The van der Waals surface area contributed by atoms with Crippen molar-refractivity contribution in [1.29, 1.82) is 0 Å². The molecule has 2 heteroatoms. The number of rotatable bonds is 2. The maximum Gasteiger partial charge on any atom is 0.0327 e. The number of hydrogen-bond donors (Lipinski definition) is 1. The zero-order valence-corrected chi connectivity index (χ0v) is 13.0. The second-order valence-corrected chi connectivity index (χ2v) is 6.36. The molecule has 1 fully saturated rings. The molecule has 2 nitrogen and oxygen atoms in total. The summed E-state index contributed by atoms with van der Waals surface area (Å²) in [5.41, 5.74) is 11.8. The maximum atomic E-state index is 6.08. The Morgan fingerprint density at radius 1 is 1.21 bits per heavy atom. The Balaban J connectivity index is 2.27. The molecule has 0 amide bonds. The molecule has 1 heterocycles. The van der Waals surface area contributed by atoms with E-state index < -0.39 is 0 Å². The van der Waals surface area contributed by atoms with Crippen LogP contribution in [0.25, 0.3) is 0 Å². The molecule has 1 aromatic rings. The summed E-state index contributed by atoms with van der Waals surface area (Å²) in [5.74, 6) is 0. The van der Waals surface area contributed by atoms with Crippen molar-refractivity contribution in [1.82, 2.24) is 4.90 Å². The van der Waals surface area contributed by atoms with Gasteiger partial charge in [0.15, 0.2) is 0 Å². The van der Waals surface area contributed by atoms with Gasteiger partial charge in [0.1, 0.15) is 0 Å². The second kappa shape index (κ2) is 5.64. The van der Waals surface area contributed by atoms with Crippen molar-refractivity contribution in [2.75, 3.05) is 6.54 Å². The lowest BCUT2D eigenvalue weighted by molar-refractivity contribution is 0.104. The summed E-state index contributed by atoms with van der Waals surface area (Å²) >= 11 is 0. The third-order valence-corrected chi connectivity index (χ3v) is 4.62. The van der Waals surface area contributed by atoms with Gasteiger partial charge in [-0.3, -0.25) is 4.90 Å². The normalized spacial score (nSPS) is 26.4. The highest BCUT2D eigenvalue weighted by molar-refractivity contribution is 5.39. The van der Waals surface area contributed by atoms with Crippen LogP contribution in [0.2, 0.25) is 0 Å². The van der Waals surface area contributed by atoms with Crippen LogP contribution in [0.4, 0.5) is 0 Å². The molecule has 0 spiro atoms. The molecule has 3 atom stereocenters. The molecule has 2 N–H and O–H groups in total. The van der Waals surface area contributed by atoms with Crippen LogP contribution in [0.15, 0.2) is 12.1 Å². The van der Waals surface area contributed by atoms with Gasteiger partial charge in [-0.1, -0.05) is 17.7 Å². The standard InChI is InChI=1S/C17H28N2/c1-11-8-12(2)17(13(3)9-11)15(5)19-7-6-16(18)10-14(19)4/h8-9,14-16H,6-7,10,18H2,1-5H3. The monoisotopic (exact) mass is 260 g/mol. The Hall–Kier alpha value is -0.860. The van der Waals surface area contributed by atoms with E-state index in [0.717, 1.165) is 19.4 Å². The molecule has 1 aliphatic rings. The molecule has 0 bridgehead atoms. The van der Waals surface area contributed by atoms with Crippen LogP contribution in [0.1, 0.15) is 55.0 Å². The second-order valence-electron chi connectivity index (χ2n) is 6.36. The van der Waals surface area contributed by atoms with Crippen molar-refractivity contribution < 1.29 is 0 Å². The van der Waals surface area contributed by atoms with E-state index in [-0.39, 0.29) is 0 Å². The maximum absolute atomic E-state index is 6.08. The van der Waals surface area contributed by atoms with Crippen LogP contribution >= 0.6 is 0 Å². The predicted molar refractivity (Wildman–Crippen MR) is 82.4 cm³/mol. The van der Waals surface area contributed by atoms with Crippen LogP contribution < -0.4 is 5.73 Å². The van der Waals surface area contributed by atoms with E-state index >= 15 is 0 Å². The molecule has 0 aromatic heterocycles. The van der Waals surface area contributed by atoms with Gasteiger partial charge in [0.2, 0.25) is 0 Å². The molecule has 106 valence electrons. The number of nitrogens with two attached hydrogens (primary N) is 1. The number of likely N-dealkylation sites (tertiary alicyclic amines) is 1. The van der Waals surface area contributed by atoms with E-state index in [0.29, 0.717) is 18.1 Å². The van der Waals surface area contributed by atoms with E-state index in [1.807, 2.05) is 0 Å². The van der Waals surface area contributed by atoms with Crippen molar-refractivity contribution >= 4 is 0 Å². The molecule has 0 saturated carbocycles. The van der Waals surface area contributed by atoms with E-state index in [1.54, 1.807) is 0 Å². The van der Waals surface area contributed by atoms with Gasteiger partial charge in [-0.25, -0.2) is 0 Å². The fourth-order valence-electron chi connectivity index (χ4n) is 3.82. The average Bonchev–Trinajstić information content (AvgIpc) is 2.26. The lowest BCUT2D eigenvalue weighted by atomic mass is 9.90. The minimum Gasteiger partial charge on any atom is -0.328 e. The third kappa shape index (κ3) is 3.01. The minimum atomic E-state index is 0.388. The van der Waals surface area contributed by atoms with Gasteiger partial charge in [0.25, 0.3) is 0 Å². The average molecular weight is 260 g/mol. The summed E-state index contributed by atoms with van der Waals surface area (Å²) in [5, 5.41) is 0. The van der Waals surface area contributed by atoms with Gasteiger partial charge in [0.05, 0.1) is 0 Å². The first-order chi connectivity index (χ1) is 8.90. The van der Waals surface area contributed by atoms with Crippen molar-refractivity contribution in [3.8, 4) is 0 Å². The molecule has 1 aliphatic heterocycles. The van der Waals surface area contributed by atoms with E-state index in [1.165, 1.54) is 22.3 Å².